The van der Waals surface area contributed by atoms with E-state index in [-0.39, 0.29) is 5.95 Å². The molecule has 0 fully saturated rings. The van der Waals surface area contributed by atoms with E-state index in [0.29, 0.717) is 28.4 Å². The number of aromatic amines is 1. The number of hydrogen-bond acceptors (Lipinski definition) is 9. The molecule has 2 heterocycles. The number of methoxy groups -OCH3 is 1. The van der Waals surface area contributed by atoms with Crippen molar-refractivity contribution in [2.24, 2.45) is 0 Å². The van der Waals surface area contributed by atoms with E-state index in [0.717, 1.165) is 5.69 Å². The number of nitrogens with one attached hydrogen (secondary N) is 2. The molecule has 0 spiro atoms. The fourth-order valence-corrected chi connectivity index (χ4v) is 2.46. The topological polar surface area (TPSA) is 128 Å². The van der Waals surface area contributed by atoms with E-state index in [2.05, 4.69) is 35.5 Å². The maximum atomic E-state index is 5.75. The van der Waals surface area contributed by atoms with Gasteiger partial charge in [-0.2, -0.15) is 20.1 Å². The van der Waals surface area contributed by atoms with Crippen molar-refractivity contribution in [2.75, 3.05) is 18.2 Å². The van der Waals surface area contributed by atoms with Crippen molar-refractivity contribution in [3.63, 3.8) is 0 Å². The van der Waals surface area contributed by atoms with Crippen LogP contribution in [0.4, 0.5) is 17.6 Å². The maximum Gasteiger partial charge on any atom is 0.232 e. The van der Waals surface area contributed by atoms with Crippen molar-refractivity contribution in [3.05, 3.63) is 36.4 Å². The molecule has 4 N–H and O–H groups in total. The third-order valence-corrected chi connectivity index (χ3v) is 3.66. The molecule has 10 heteroatoms. The van der Waals surface area contributed by atoms with Crippen LogP contribution in [-0.4, -0.2) is 37.2 Å². The fraction of sp³-hybridized carbons (Fsp3) is 0.154. The first-order valence-electron chi connectivity index (χ1n) is 6.63. The molecule has 0 aliphatic rings. The average molecular weight is 330 g/mol. The van der Waals surface area contributed by atoms with Crippen LogP contribution in [0.1, 0.15) is 5.82 Å². The number of thioether (sulfide) groups is 1. The first-order valence-corrected chi connectivity index (χ1v) is 7.62. The Balaban J connectivity index is 1.77. The number of benzene rings is 1. The molecule has 0 unspecified atom stereocenters. The van der Waals surface area contributed by atoms with Gasteiger partial charge in [-0.3, -0.25) is 5.10 Å². The van der Waals surface area contributed by atoms with Gasteiger partial charge < -0.3 is 15.8 Å². The molecular weight excluding hydrogens is 316 g/mol. The lowest BCUT2D eigenvalue weighted by Crippen LogP contribution is -2.07. The Kier molecular flexibility index (Phi) is 4.52. The molecule has 0 saturated heterocycles. The van der Waals surface area contributed by atoms with Crippen molar-refractivity contribution < 1.29 is 4.74 Å². The summed E-state index contributed by atoms with van der Waals surface area (Å²) in [4.78, 5) is 16.6. The lowest BCUT2D eigenvalue weighted by molar-refractivity contribution is 0.417. The summed E-state index contributed by atoms with van der Waals surface area (Å²) in [5, 5.41) is 10.3. The Bertz CT molecular complexity index is 779. The second kappa shape index (κ2) is 6.92. The number of aromatic nitrogens is 6. The monoisotopic (exact) mass is 330 g/mol. The van der Waals surface area contributed by atoms with Crippen LogP contribution in [0.3, 0.4) is 0 Å². The van der Waals surface area contributed by atoms with Gasteiger partial charge in [0.25, 0.3) is 0 Å². The zero-order valence-electron chi connectivity index (χ0n) is 12.2. The van der Waals surface area contributed by atoms with Gasteiger partial charge in [0, 0.05) is 0 Å². The molecule has 118 valence electrons. The van der Waals surface area contributed by atoms with E-state index in [1.807, 2.05) is 24.3 Å². The fourth-order valence-electron chi connectivity index (χ4n) is 1.82. The number of hydrogen-bond donors (Lipinski definition) is 3. The van der Waals surface area contributed by atoms with E-state index >= 15 is 0 Å². The van der Waals surface area contributed by atoms with E-state index in [1.54, 1.807) is 7.11 Å². The standard InChI is InChI=1S/C13H14N8OS/c1-22-9-5-3-2-4-8(9)17-12-19-10(18-11(14)20-12)6-23-13-15-7-16-21-13/h2-5,7H,6H2,1H3,(H,15,16,21)(H3,14,17,18,19,20). The van der Waals surface area contributed by atoms with Crippen molar-refractivity contribution in [3.8, 4) is 5.75 Å². The summed E-state index contributed by atoms with van der Waals surface area (Å²) in [5.41, 5.74) is 6.50. The second-order valence-corrected chi connectivity index (χ2v) is 5.30. The summed E-state index contributed by atoms with van der Waals surface area (Å²) >= 11 is 1.42. The highest BCUT2D eigenvalue weighted by Crippen LogP contribution is 2.26. The van der Waals surface area contributed by atoms with E-state index in [9.17, 15) is 0 Å². The van der Waals surface area contributed by atoms with Crippen LogP contribution in [-0.2, 0) is 5.75 Å². The number of rotatable bonds is 6. The normalized spacial score (nSPS) is 10.5. The van der Waals surface area contributed by atoms with E-state index < -0.39 is 0 Å². The lowest BCUT2D eigenvalue weighted by atomic mass is 10.3. The van der Waals surface area contributed by atoms with Crippen LogP contribution < -0.4 is 15.8 Å². The molecule has 0 aliphatic heterocycles. The lowest BCUT2D eigenvalue weighted by Gasteiger charge is -2.10. The highest BCUT2D eigenvalue weighted by molar-refractivity contribution is 7.98. The predicted octanol–water partition coefficient (Wildman–Crippen LogP) is 1.62. The van der Waals surface area contributed by atoms with Gasteiger partial charge in [0.15, 0.2) is 5.16 Å². The van der Waals surface area contributed by atoms with Crippen molar-refractivity contribution in [1.82, 2.24) is 30.1 Å². The smallest absolute Gasteiger partial charge is 0.232 e. The van der Waals surface area contributed by atoms with E-state index in [1.165, 1.54) is 18.1 Å². The number of nitrogens with zero attached hydrogens (tertiary/aromatic N) is 5. The molecule has 3 aromatic rings. The van der Waals surface area contributed by atoms with Crippen LogP contribution in [0.5, 0.6) is 5.75 Å². The molecule has 0 bridgehead atoms. The van der Waals surface area contributed by atoms with Gasteiger partial charge in [-0.15, -0.1) is 0 Å². The van der Waals surface area contributed by atoms with Gasteiger partial charge in [0.1, 0.15) is 17.9 Å². The molecule has 0 amide bonds. The van der Waals surface area contributed by atoms with Crippen LogP contribution in [0, 0.1) is 0 Å². The largest absolute Gasteiger partial charge is 0.495 e. The quantitative estimate of drug-likeness (QED) is 0.577. The zero-order valence-corrected chi connectivity index (χ0v) is 13.0. The highest BCUT2D eigenvalue weighted by Gasteiger charge is 2.09. The van der Waals surface area contributed by atoms with Crippen molar-refractivity contribution in [1.29, 1.82) is 0 Å². The molecule has 0 saturated carbocycles. The molecule has 0 aliphatic carbocycles. The van der Waals surface area contributed by atoms with Crippen LogP contribution >= 0.6 is 11.8 Å². The number of para-hydroxylation sites is 2. The molecule has 2 aromatic heterocycles. The van der Waals surface area contributed by atoms with Gasteiger partial charge in [0.2, 0.25) is 11.9 Å². The second-order valence-electron chi connectivity index (χ2n) is 4.34. The van der Waals surface area contributed by atoms with Gasteiger partial charge in [0.05, 0.1) is 18.6 Å². The van der Waals surface area contributed by atoms with Crippen LogP contribution in [0.2, 0.25) is 0 Å². The summed E-state index contributed by atoms with van der Waals surface area (Å²) < 4.78 is 5.29. The molecule has 0 radical (unpaired) electrons. The Morgan fingerprint density at radius 1 is 1.26 bits per heavy atom. The Morgan fingerprint density at radius 3 is 2.91 bits per heavy atom. The summed E-state index contributed by atoms with van der Waals surface area (Å²) in [6, 6.07) is 7.47. The van der Waals surface area contributed by atoms with Gasteiger partial charge in [-0.05, 0) is 12.1 Å². The van der Waals surface area contributed by atoms with Crippen molar-refractivity contribution >= 4 is 29.3 Å². The van der Waals surface area contributed by atoms with Crippen LogP contribution in [0.25, 0.3) is 0 Å². The molecule has 0 atom stereocenters. The Hall–Kier alpha value is -2.88. The first kappa shape index (κ1) is 15.0. The first-order chi connectivity index (χ1) is 11.2. The number of H-pyrrole nitrogens is 1. The summed E-state index contributed by atoms with van der Waals surface area (Å²) in [7, 11) is 1.60. The minimum atomic E-state index is 0.144. The number of anilines is 3. The SMILES string of the molecule is COc1ccccc1Nc1nc(N)nc(CSc2ncn[nH]2)n1. The number of ether oxygens (including phenoxy) is 1. The number of nitrogens with two attached hydrogens (primary N) is 1. The minimum Gasteiger partial charge on any atom is -0.495 e. The molecule has 1 aromatic carbocycles. The third kappa shape index (κ3) is 3.86. The average Bonchev–Trinajstić information content (AvgIpc) is 3.06. The molecule has 9 nitrogen and oxygen atoms in total. The third-order valence-electron chi connectivity index (χ3n) is 2.78. The molecular formula is C13H14N8OS. The highest BCUT2D eigenvalue weighted by atomic mass is 32.2. The van der Waals surface area contributed by atoms with E-state index in [4.69, 9.17) is 10.5 Å². The zero-order chi connectivity index (χ0) is 16.1. The molecule has 23 heavy (non-hydrogen) atoms. The van der Waals surface area contributed by atoms with Crippen LogP contribution in [0.15, 0.2) is 35.7 Å². The summed E-state index contributed by atoms with van der Waals surface area (Å²) in [5.74, 6) is 2.21. The van der Waals surface area contributed by atoms with Crippen molar-refractivity contribution in [2.45, 2.75) is 10.9 Å². The van der Waals surface area contributed by atoms with Gasteiger partial charge in [-0.25, -0.2) is 4.98 Å². The predicted molar refractivity (Wildman–Crippen MR) is 86.5 cm³/mol. The Labute approximate surface area is 136 Å². The minimum absolute atomic E-state index is 0.144. The molecule has 3 rings (SSSR count). The number of nitrogen functional groups attached to an aromatic ring is 1. The Morgan fingerprint density at radius 2 is 2.13 bits per heavy atom. The summed E-state index contributed by atoms with van der Waals surface area (Å²) in [6.07, 6.45) is 1.44. The van der Waals surface area contributed by atoms with Gasteiger partial charge >= 0.3 is 0 Å². The maximum absolute atomic E-state index is 5.75. The van der Waals surface area contributed by atoms with Gasteiger partial charge in [-0.1, -0.05) is 23.9 Å². The summed E-state index contributed by atoms with van der Waals surface area (Å²) in [6.45, 7) is 0.